The molecule has 8 heteroatoms. The van der Waals surface area contributed by atoms with Gasteiger partial charge in [0.25, 0.3) is 0 Å². The summed E-state index contributed by atoms with van der Waals surface area (Å²) in [6.45, 7) is 7.78. The van der Waals surface area contributed by atoms with Gasteiger partial charge in [0.05, 0.1) is 6.04 Å². The van der Waals surface area contributed by atoms with Gasteiger partial charge in [0.1, 0.15) is 11.5 Å². The van der Waals surface area contributed by atoms with Crippen molar-refractivity contribution in [2.45, 2.75) is 32.4 Å². The molecule has 1 saturated heterocycles. The fourth-order valence-electron chi connectivity index (χ4n) is 2.98. The second kappa shape index (κ2) is 9.15. The first kappa shape index (κ1) is 21.8. The molecular formula is C19H27BrClN3O3. The molecule has 1 aliphatic heterocycles. The summed E-state index contributed by atoms with van der Waals surface area (Å²) >= 11 is 9.13. The normalized spacial score (nSPS) is 17.6. The van der Waals surface area contributed by atoms with Gasteiger partial charge in [0.15, 0.2) is 0 Å². The van der Waals surface area contributed by atoms with Crippen LogP contribution >= 0.6 is 27.5 Å². The predicted molar refractivity (Wildman–Crippen MR) is 111 cm³/mol. The number of hydrogen-bond donors (Lipinski definition) is 0. The van der Waals surface area contributed by atoms with Crippen molar-refractivity contribution >= 4 is 45.2 Å². The molecule has 1 atom stereocenters. The predicted octanol–water partition coefficient (Wildman–Crippen LogP) is 3.57. The Balaban J connectivity index is 2.17. The van der Waals surface area contributed by atoms with Gasteiger partial charge >= 0.3 is 6.09 Å². The number of piperazine rings is 1. The Bertz CT molecular complexity index is 663. The highest BCUT2D eigenvalue weighted by atomic mass is 79.9. The largest absolute Gasteiger partial charge is 0.444 e. The lowest BCUT2D eigenvalue weighted by molar-refractivity contribution is -0.128. The van der Waals surface area contributed by atoms with Crippen molar-refractivity contribution in [3.05, 3.63) is 28.7 Å². The van der Waals surface area contributed by atoms with E-state index in [1.54, 1.807) is 16.8 Å². The lowest BCUT2D eigenvalue weighted by Crippen LogP contribution is -2.59. The molecule has 0 saturated carbocycles. The topological polar surface area (TPSA) is 53.1 Å². The lowest BCUT2D eigenvalue weighted by Gasteiger charge is -2.43. The van der Waals surface area contributed by atoms with E-state index in [2.05, 4.69) is 20.8 Å². The van der Waals surface area contributed by atoms with Crippen molar-refractivity contribution in [2.75, 3.05) is 44.0 Å². The van der Waals surface area contributed by atoms with Crippen LogP contribution in [0.5, 0.6) is 0 Å². The number of anilines is 1. The zero-order chi connectivity index (χ0) is 20.2. The zero-order valence-electron chi connectivity index (χ0n) is 16.2. The van der Waals surface area contributed by atoms with Crippen LogP contribution in [0.4, 0.5) is 10.5 Å². The number of alkyl halides is 1. The molecule has 0 spiro atoms. The summed E-state index contributed by atoms with van der Waals surface area (Å²) < 4.78 is 6.58. The van der Waals surface area contributed by atoms with Gasteiger partial charge in [-0.25, -0.2) is 4.79 Å². The third-order valence-electron chi connectivity index (χ3n) is 4.33. The molecule has 1 aromatic carbocycles. The van der Waals surface area contributed by atoms with Gasteiger partial charge in [-0.05, 0) is 45.0 Å². The molecule has 0 N–H and O–H groups in total. The third-order valence-corrected chi connectivity index (χ3v) is 5.08. The quantitative estimate of drug-likeness (QED) is 0.645. The molecule has 0 aromatic heterocycles. The number of carbonyl (C=O) groups excluding carboxylic acids is 2. The summed E-state index contributed by atoms with van der Waals surface area (Å²) in [7, 11) is 1.70. The molecule has 0 bridgehead atoms. The first-order valence-electron chi connectivity index (χ1n) is 8.91. The summed E-state index contributed by atoms with van der Waals surface area (Å²) in [5, 5.41) is 0. The monoisotopic (exact) mass is 459 g/mol. The minimum atomic E-state index is -0.567. The summed E-state index contributed by atoms with van der Waals surface area (Å²) in [5.41, 5.74) is 0.515. The number of amides is 2. The highest BCUT2D eigenvalue weighted by Gasteiger charge is 2.34. The third kappa shape index (κ3) is 6.28. The number of halogens is 2. The molecule has 1 fully saturated rings. The minimum absolute atomic E-state index is 0.0773. The van der Waals surface area contributed by atoms with Gasteiger partial charge in [-0.1, -0.05) is 15.9 Å². The highest BCUT2D eigenvalue weighted by molar-refractivity contribution is 9.10. The molecule has 0 aliphatic carbocycles. The smallest absolute Gasteiger partial charge is 0.410 e. The second-order valence-electron chi connectivity index (χ2n) is 7.66. The van der Waals surface area contributed by atoms with Gasteiger partial charge in [-0.2, -0.15) is 0 Å². The Labute approximate surface area is 174 Å². The van der Waals surface area contributed by atoms with Gasteiger partial charge in [-0.15, -0.1) is 11.6 Å². The summed E-state index contributed by atoms with van der Waals surface area (Å²) in [5.74, 6) is -0.243. The molecular weight excluding hydrogens is 434 g/mol. The summed E-state index contributed by atoms with van der Waals surface area (Å²) in [6.07, 6.45) is -0.352. The van der Waals surface area contributed by atoms with E-state index in [-0.39, 0.29) is 23.9 Å². The maximum absolute atomic E-state index is 12.7. The van der Waals surface area contributed by atoms with E-state index >= 15 is 0 Å². The Morgan fingerprint density at radius 2 is 1.89 bits per heavy atom. The van der Waals surface area contributed by atoms with Crippen molar-refractivity contribution < 1.29 is 14.3 Å². The first-order chi connectivity index (χ1) is 12.6. The van der Waals surface area contributed by atoms with Crippen molar-refractivity contribution in [1.82, 2.24) is 9.80 Å². The number of ether oxygens (including phenoxy) is 1. The molecule has 27 heavy (non-hydrogen) atoms. The Morgan fingerprint density at radius 1 is 1.26 bits per heavy atom. The SMILES string of the molecule is CN(CC1CN(c2ccc(Br)cc2)CCN1C(=O)OC(C)(C)C)C(=O)CCl. The van der Waals surface area contributed by atoms with E-state index in [0.29, 0.717) is 26.2 Å². The average Bonchev–Trinajstić information content (AvgIpc) is 2.60. The fraction of sp³-hybridized carbons (Fsp3) is 0.579. The summed E-state index contributed by atoms with van der Waals surface area (Å²) in [6, 6.07) is 7.88. The maximum atomic E-state index is 12.7. The highest BCUT2D eigenvalue weighted by Crippen LogP contribution is 2.23. The van der Waals surface area contributed by atoms with E-state index in [1.165, 1.54) is 0 Å². The number of carbonyl (C=O) groups is 2. The van der Waals surface area contributed by atoms with E-state index in [4.69, 9.17) is 16.3 Å². The van der Waals surface area contributed by atoms with Crippen molar-refractivity contribution in [3.8, 4) is 0 Å². The zero-order valence-corrected chi connectivity index (χ0v) is 18.6. The van der Waals surface area contributed by atoms with Crippen LogP contribution in [0, 0.1) is 0 Å². The Kier molecular flexibility index (Phi) is 7.40. The first-order valence-corrected chi connectivity index (χ1v) is 10.2. The van der Waals surface area contributed by atoms with Gasteiger partial charge in [0, 0.05) is 43.4 Å². The van der Waals surface area contributed by atoms with E-state index in [1.807, 2.05) is 45.0 Å². The van der Waals surface area contributed by atoms with Crippen molar-refractivity contribution in [1.29, 1.82) is 0 Å². The van der Waals surface area contributed by atoms with Gasteiger partial charge in [-0.3, -0.25) is 9.69 Å². The minimum Gasteiger partial charge on any atom is -0.444 e. The van der Waals surface area contributed by atoms with E-state index < -0.39 is 5.60 Å². The molecule has 150 valence electrons. The summed E-state index contributed by atoms with van der Waals surface area (Å²) in [4.78, 5) is 30.1. The molecule has 0 radical (unpaired) electrons. The van der Waals surface area contributed by atoms with Gasteiger partial charge in [0.2, 0.25) is 5.91 Å². The number of benzene rings is 1. The van der Waals surface area contributed by atoms with E-state index in [9.17, 15) is 9.59 Å². The van der Waals surface area contributed by atoms with Gasteiger partial charge < -0.3 is 14.5 Å². The fourth-order valence-corrected chi connectivity index (χ4v) is 3.45. The molecule has 1 unspecified atom stereocenters. The van der Waals surface area contributed by atoms with Crippen LogP contribution in [0.15, 0.2) is 28.7 Å². The van der Waals surface area contributed by atoms with Crippen molar-refractivity contribution in [2.24, 2.45) is 0 Å². The standard InChI is InChI=1S/C19H27BrClN3O3/c1-19(2,3)27-18(26)24-10-9-23(15-7-5-14(20)6-8-15)13-16(24)12-22(4)17(25)11-21/h5-8,16H,9-13H2,1-4H3. The Morgan fingerprint density at radius 3 is 2.44 bits per heavy atom. The Hall–Kier alpha value is -1.47. The molecule has 6 nitrogen and oxygen atoms in total. The number of hydrogen-bond acceptors (Lipinski definition) is 4. The lowest BCUT2D eigenvalue weighted by atomic mass is 10.1. The molecule has 2 amide bonds. The van der Waals surface area contributed by atoms with Crippen LogP contribution in [0.25, 0.3) is 0 Å². The van der Waals surface area contributed by atoms with Crippen molar-refractivity contribution in [3.63, 3.8) is 0 Å². The molecule has 1 heterocycles. The number of likely N-dealkylation sites (N-methyl/N-ethyl adjacent to an activating group) is 1. The second-order valence-corrected chi connectivity index (χ2v) is 8.84. The van der Waals surface area contributed by atoms with Crippen LogP contribution in [-0.4, -0.2) is 72.5 Å². The molecule has 2 rings (SSSR count). The average molecular weight is 461 g/mol. The number of rotatable bonds is 4. The van der Waals surface area contributed by atoms with Crippen LogP contribution < -0.4 is 4.90 Å². The van der Waals surface area contributed by atoms with Crippen LogP contribution in [-0.2, 0) is 9.53 Å². The maximum Gasteiger partial charge on any atom is 0.410 e. The van der Waals surface area contributed by atoms with E-state index in [0.717, 1.165) is 10.2 Å². The van der Waals surface area contributed by atoms with Crippen LogP contribution in [0.2, 0.25) is 0 Å². The molecule has 1 aliphatic rings. The molecule has 1 aromatic rings. The van der Waals surface area contributed by atoms with Crippen LogP contribution in [0.3, 0.4) is 0 Å². The number of nitrogens with zero attached hydrogens (tertiary/aromatic N) is 3. The van der Waals surface area contributed by atoms with Crippen LogP contribution in [0.1, 0.15) is 20.8 Å².